The number of hydrogen-bond donors (Lipinski definition) is 0. The highest BCUT2D eigenvalue weighted by Crippen LogP contribution is 2.59. The lowest BCUT2D eigenvalue weighted by Crippen LogP contribution is -1.80. The maximum Gasteiger partial charge on any atom is 0.0806 e. The van der Waals surface area contributed by atoms with Crippen molar-refractivity contribution in [1.29, 1.82) is 0 Å². The molecule has 3 radical (unpaired) electrons. The molecule has 1 aliphatic rings. The summed E-state index contributed by atoms with van der Waals surface area (Å²) in [6.45, 7) is 0. The van der Waals surface area contributed by atoms with E-state index in [1.54, 1.807) is 0 Å². The Morgan fingerprint density at radius 3 is 1.26 bits per heavy atom. The molecule has 0 bridgehead atoms. The molecule has 0 atom stereocenters. The van der Waals surface area contributed by atoms with Crippen molar-refractivity contribution < 1.29 is 0 Å². The first-order valence-electron chi connectivity index (χ1n) is 12.3. The molecule has 0 aliphatic carbocycles. The molecule has 4 aromatic heterocycles. The van der Waals surface area contributed by atoms with Gasteiger partial charge in [-0.25, -0.2) is 0 Å². The van der Waals surface area contributed by atoms with Crippen LogP contribution in [0.4, 0.5) is 0 Å². The van der Waals surface area contributed by atoms with Gasteiger partial charge >= 0.3 is 0 Å². The Hall–Kier alpha value is -2.17. The Labute approximate surface area is 277 Å². The van der Waals surface area contributed by atoms with Crippen LogP contribution in [0.2, 0.25) is 0 Å². The van der Waals surface area contributed by atoms with Crippen LogP contribution in [-0.4, -0.2) is 8.41 Å². The average molecular weight is 670 g/mol. The maximum atomic E-state index is 2.27. The van der Waals surface area contributed by atoms with E-state index >= 15 is 0 Å². The van der Waals surface area contributed by atoms with Gasteiger partial charge in [0.25, 0.3) is 0 Å². The second kappa shape index (κ2) is 13.2. The normalized spacial score (nSPS) is 11.6. The summed E-state index contributed by atoms with van der Waals surface area (Å²) in [6, 6.07) is 34.7. The Morgan fingerprint density at radius 1 is 0.429 bits per heavy atom. The standard InChI is InChI=1S/C16H8S4.C16H10S3.2CH4.B/c1-3-7-11-9(5-1)13-15(17-11)20-16-14(19-13)10-6-2-4-8-12(10)18-16;1-3-7-13-11(5-1)15(9-17-13)19-16-10-18-14-8-4-2-6-12(14)16;;;/h1-8H;1-10H;2*1H4;. The van der Waals surface area contributed by atoms with Crippen molar-refractivity contribution in [3.05, 3.63) is 108 Å². The Bertz CT molecular complexity index is 1980. The van der Waals surface area contributed by atoms with Crippen molar-refractivity contribution in [1.82, 2.24) is 0 Å². The van der Waals surface area contributed by atoms with Gasteiger partial charge < -0.3 is 0 Å². The molecule has 0 fully saturated rings. The Morgan fingerprint density at radius 2 is 0.810 bits per heavy atom. The van der Waals surface area contributed by atoms with Gasteiger partial charge in [-0.1, -0.05) is 123 Å². The van der Waals surface area contributed by atoms with Gasteiger partial charge in [-0.05, 0) is 24.3 Å². The third kappa shape index (κ3) is 5.59. The summed E-state index contributed by atoms with van der Waals surface area (Å²) in [5.41, 5.74) is 0. The molecule has 5 heterocycles. The first-order valence-corrected chi connectivity index (χ1v) is 18.1. The Balaban J connectivity index is 0.000000157. The molecule has 4 aromatic carbocycles. The molecule has 9 rings (SSSR count). The van der Waals surface area contributed by atoms with Crippen molar-refractivity contribution >= 4 is 129 Å². The molecular formula is C34H26BS7. The summed E-state index contributed by atoms with van der Waals surface area (Å²) in [7, 11) is 0. The molecule has 0 spiro atoms. The number of rotatable bonds is 2. The van der Waals surface area contributed by atoms with Crippen molar-refractivity contribution in [2.75, 3.05) is 0 Å². The van der Waals surface area contributed by atoms with Gasteiger partial charge in [0.05, 0.1) is 8.42 Å². The lowest BCUT2D eigenvalue weighted by atomic mass is 10.3. The third-order valence-electron chi connectivity index (χ3n) is 6.54. The molecule has 8 heteroatoms. The van der Waals surface area contributed by atoms with Gasteiger partial charge in [-0.2, -0.15) is 0 Å². The zero-order valence-corrected chi connectivity index (χ0v) is 26.5. The third-order valence-corrected chi connectivity index (χ3v) is 15.4. The minimum Gasteiger partial charge on any atom is -0.143 e. The number of thiophene rings is 4. The predicted octanol–water partition coefficient (Wildman–Crippen LogP) is 13.9. The zero-order chi connectivity index (χ0) is 25.8. The fraction of sp³-hybridized carbons (Fsp3) is 0.0588. The van der Waals surface area contributed by atoms with E-state index in [0.717, 1.165) is 0 Å². The highest BCUT2D eigenvalue weighted by atomic mass is 32.2. The van der Waals surface area contributed by atoms with E-state index in [1.807, 2.05) is 80.6 Å². The van der Waals surface area contributed by atoms with Crippen LogP contribution in [0.1, 0.15) is 14.9 Å². The number of fused-ring (bicyclic) bond motifs is 8. The van der Waals surface area contributed by atoms with E-state index < -0.39 is 0 Å². The lowest BCUT2D eigenvalue weighted by molar-refractivity contribution is 1.34. The minimum absolute atomic E-state index is 0. The van der Waals surface area contributed by atoms with Gasteiger partial charge in [0.1, 0.15) is 0 Å². The highest BCUT2D eigenvalue weighted by molar-refractivity contribution is 8.08. The fourth-order valence-electron chi connectivity index (χ4n) is 4.70. The van der Waals surface area contributed by atoms with Crippen molar-refractivity contribution in [3.63, 3.8) is 0 Å². The molecule has 0 unspecified atom stereocenters. The average Bonchev–Trinajstić information content (AvgIpc) is 3.76. The van der Waals surface area contributed by atoms with Crippen LogP contribution in [0.25, 0.3) is 40.3 Å². The molecule has 207 valence electrons. The van der Waals surface area contributed by atoms with Crippen LogP contribution in [0.3, 0.4) is 0 Å². The summed E-state index contributed by atoms with van der Waals surface area (Å²) in [5.74, 6) is 0. The highest BCUT2D eigenvalue weighted by Gasteiger charge is 2.25. The smallest absolute Gasteiger partial charge is 0.0806 e. The van der Waals surface area contributed by atoms with Gasteiger partial charge in [0.2, 0.25) is 0 Å². The van der Waals surface area contributed by atoms with E-state index in [1.165, 1.54) is 68.3 Å². The van der Waals surface area contributed by atoms with Gasteiger partial charge in [0, 0.05) is 79.1 Å². The topological polar surface area (TPSA) is 0 Å². The van der Waals surface area contributed by atoms with E-state index in [0.29, 0.717) is 0 Å². The maximum absolute atomic E-state index is 2.27. The molecule has 0 saturated heterocycles. The molecular weight excluding hydrogens is 644 g/mol. The van der Waals surface area contributed by atoms with Gasteiger partial charge in [-0.15, -0.1) is 45.3 Å². The lowest BCUT2D eigenvalue weighted by Gasteiger charge is -2.11. The predicted molar refractivity (Wildman–Crippen MR) is 199 cm³/mol. The van der Waals surface area contributed by atoms with Crippen LogP contribution in [0.15, 0.2) is 136 Å². The number of hydrogen-bond acceptors (Lipinski definition) is 7. The van der Waals surface area contributed by atoms with Crippen LogP contribution >= 0.6 is 80.6 Å². The first-order chi connectivity index (χ1) is 19.3. The summed E-state index contributed by atoms with van der Waals surface area (Å²) in [6.07, 6.45) is 0. The van der Waals surface area contributed by atoms with E-state index in [-0.39, 0.29) is 23.3 Å². The fourth-order valence-corrected chi connectivity index (χ4v) is 13.8. The first kappa shape index (κ1) is 31.3. The molecule has 1 aliphatic heterocycles. The van der Waals surface area contributed by atoms with Crippen LogP contribution in [0.5, 0.6) is 0 Å². The number of benzene rings is 4. The van der Waals surface area contributed by atoms with Crippen LogP contribution in [0, 0.1) is 0 Å². The molecule has 0 nitrogen and oxygen atoms in total. The van der Waals surface area contributed by atoms with Gasteiger partial charge in [0.15, 0.2) is 0 Å². The van der Waals surface area contributed by atoms with Crippen molar-refractivity contribution in [2.24, 2.45) is 0 Å². The summed E-state index contributed by atoms with van der Waals surface area (Å²) >= 11 is 13.3. The van der Waals surface area contributed by atoms with Gasteiger partial charge in [-0.3, -0.25) is 0 Å². The van der Waals surface area contributed by atoms with Crippen LogP contribution < -0.4 is 0 Å². The largest absolute Gasteiger partial charge is 0.143 e. The molecule has 0 amide bonds. The van der Waals surface area contributed by atoms with Crippen molar-refractivity contribution in [3.8, 4) is 0 Å². The molecule has 0 saturated carbocycles. The Kier molecular flexibility index (Phi) is 9.84. The summed E-state index contributed by atoms with van der Waals surface area (Å²) in [4.78, 5) is 5.63. The zero-order valence-electron chi connectivity index (χ0n) is 20.8. The quantitative estimate of drug-likeness (QED) is 0.168. The second-order valence-electron chi connectivity index (χ2n) is 8.93. The van der Waals surface area contributed by atoms with Crippen molar-refractivity contribution in [2.45, 2.75) is 42.9 Å². The molecule has 42 heavy (non-hydrogen) atoms. The van der Waals surface area contributed by atoms with E-state index in [4.69, 9.17) is 0 Å². The monoisotopic (exact) mass is 669 g/mol. The summed E-state index contributed by atoms with van der Waals surface area (Å²) in [5, 5.41) is 10.1. The molecule has 0 N–H and O–H groups in total. The second-order valence-corrected chi connectivity index (χ2v) is 16.5. The minimum atomic E-state index is 0. The van der Waals surface area contributed by atoms with Crippen LogP contribution in [-0.2, 0) is 0 Å². The molecule has 8 aromatic rings. The van der Waals surface area contributed by atoms with E-state index in [9.17, 15) is 0 Å². The SMILES string of the molecule is C.C.[B].c1ccc2c(Sc3csc4ccccc34)csc2c1.c1ccc2c3c(sc2c1)Sc1sc2ccccc2c1S3. The van der Waals surface area contributed by atoms with E-state index in [2.05, 4.69) is 108 Å². The summed E-state index contributed by atoms with van der Waals surface area (Å²) < 4.78 is 8.44.